The predicted octanol–water partition coefficient (Wildman–Crippen LogP) is 15.7. The zero-order chi connectivity index (χ0) is 38.4. The van der Waals surface area contributed by atoms with Crippen molar-refractivity contribution in [1.82, 2.24) is 0 Å². The van der Waals surface area contributed by atoms with E-state index in [0.29, 0.717) is 0 Å². The molecule has 1 atom stereocenters. The van der Waals surface area contributed by atoms with Gasteiger partial charge in [-0.15, -0.1) is 0 Å². The molecule has 0 N–H and O–H groups in total. The molecule has 0 amide bonds. The molecule has 0 saturated carbocycles. The molecule has 11 aromatic carbocycles. The summed E-state index contributed by atoms with van der Waals surface area (Å²) in [5, 5.41) is 10.3. The minimum Gasteiger partial charge on any atom is -0.0622 e. The van der Waals surface area contributed by atoms with Gasteiger partial charge in [0.1, 0.15) is 0 Å². The summed E-state index contributed by atoms with van der Waals surface area (Å²) in [6.45, 7) is 2.40. The van der Waals surface area contributed by atoms with Gasteiger partial charge in [-0.25, -0.2) is 0 Å². The Bertz CT molecular complexity index is 3380. The maximum Gasteiger partial charge on any atom is 0.0435 e. The maximum atomic E-state index is 2.47. The summed E-state index contributed by atoms with van der Waals surface area (Å²) in [4.78, 5) is 0. The highest BCUT2D eigenvalue weighted by atomic mass is 14.4. The topological polar surface area (TPSA) is 0 Å². The molecular weight excluding hydrogens is 697 g/mol. The Labute approximate surface area is 338 Å². The molecule has 0 aliphatic heterocycles. The van der Waals surface area contributed by atoms with Gasteiger partial charge in [0, 0.05) is 5.41 Å². The Kier molecular flexibility index (Phi) is 7.16. The Morgan fingerprint density at radius 2 is 0.810 bits per heavy atom. The van der Waals surface area contributed by atoms with E-state index in [1.165, 1.54) is 115 Å². The molecule has 12 rings (SSSR count). The van der Waals surface area contributed by atoms with Crippen molar-refractivity contribution in [3.8, 4) is 55.6 Å². The Morgan fingerprint density at radius 1 is 0.276 bits per heavy atom. The average Bonchev–Trinajstić information content (AvgIpc) is 3.55. The third-order valence-corrected chi connectivity index (χ3v) is 13.1. The fourth-order valence-electron chi connectivity index (χ4n) is 10.2. The molecule has 11 aromatic rings. The van der Waals surface area contributed by atoms with Crippen molar-refractivity contribution in [3.05, 3.63) is 229 Å². The molecule has 1 unspecified atom stereocenters. The van der Waals surface area contributed by atoms with Crippen LogP contribution in [0.3, 0.4) is 0 Å². The van der Waals surface area contributed by atoms with Crippen molar-refractivity contribution < 1.29 is 0 Å². The fraction of sp³-hybridized carbons (Fsp3) is 0.0345. The van der Waals surface area contributed by atoms with E-state index in [9.17, 15) is 0 Å². The molecule has 0 nitrogen and oxygen atoms in total. The number of rotatable bonds is 5. The summed E-state index contributed by atoms with van der Waals surface area (Å²) in [5.74, 6) is 0. The Morgan fingerprint density at radius 3 is 1.50 bits per heavy atom. The zero-order valence-corrected chi connectivity index (χ0v) is 32.2. The van der Waals surface area contributed by atoms with E-state index in [1.807, 2.05) is 0 Å². The van der Waals surface area contributed by atoms with E-state index in [1.54, 1.807) is 0 Å². The maximum absolute atomic E-state index is 2.47. The highest BCUT2D eigenvalue weighted by molar-refractivity contribution is 6.27. The molecule has 0 heterocycles. The standard InChI is InChI=1S/C58H38/c1-58(47-17-9-4-10-18-47)54-20-12-11-19-50(54)53-35-42-22-21-41(31-45(42)36-55(53)58)44-32-43(37-13-5-2-6-14-37)33-46(34-44)49-28-24-40-25-29-51-48(38-15-7-3-8-16-38)27-23-39-26-30-52(49)57(40)56(39)51/h2-36H,1H3. The van der Waals surface area contributed by atoms with Crippen LogP contribution < -0.4 is 0 Å². The highest BCUT2D eigenvalue weighted by Gasteiger charge is 2.40. The van der Waals surface area contributed by atoms with Crippen LogP contribution in [0.25, 0.3) is 98.7 Å². The molecule has 0 spiro atoms. The lowest BCUT2D eigenvalue weighted by Crippen LogP contribution is -2.22. The van der Waals surface area contributed by atoms with Gasteiger partial charge in [-0.1, -0.05) is 176 Å². The van der Waals surface area contributed by atoms with Crippen LogP contribution in [0.15, 0.2) is 212 Å². The number of benzene rings is 11. The quantitative estimate of drug-likeness (QED) is 0.154. The van der Waals surface area contributed by atoms with Crippen LogP contribution in [0.4, 0.5) is 0 Å². The van der Waals surface area contributed by atoms with Gasteiger partial charge in [-0.2, -0.15) is 0 Å². The summed E-state index contributed by atoms with van der Waals surface area (Å²) in [5.41, 5.74) is 16.3. The SMILES string of the molecule is CC1(c2ccccc2)c2ccccc2-c2cc3ccc(-c4cc(-c5ccccc5)cc(-c5ccc6ccc7c(-c8ccccc8)ccc8ccc5c6c87)c4)cc3cc21. The first kappa shape index (κ1) is 32.9. The molecule has 270 valence electrons. The van der Waals surface area contributed by atoms with Gasteiger partial charge in [0.2, 0.25) is 0 Å². The van der Waals surface area contributed by atoms with E-state index in [2.05, 4.69) is 219 Å². The molecule has 58 heavy (non-hydrogen) atoms. The van der Waals surface area contributed by atoms with E-state index >= 15 is 0 Å². The first-order chi connectivity index (χ1) is 28.6. The lowest BCUT2D eigenvalue weighted by atomic mass is 9.74. The van der Waals surface area contributed by atoms with Crippen LogP contribution in [-0.4, -0.2) is 0 Å². The second kappa shape index (κ2) is 12.6. The zero-order valence-electron chi connectivity index (χ0n) is 32.2. The van der Waals surface area contributed by atoms with E-state index in [4.69, 9.17) is 0 Å². The van der Waals surface area contributed by atoms with Gasteiger partial charge >= 0.3 is 0 Å². The fourth-order valence-corrected chi connectivity index (χ4v) is 10.2. The smallest absolute Gasteiger partial charge is 0.0435 e. The first-order valence-corrected chi connectivity index (χ1v) is 20.3. The first-order valence-electron chi connectivity index (χ1n) is 20.3. The van der Waals surface area contributed by atoms with Crippen LogP contribution >= 0.6 is 0 Å². The monoisotopic (exact) mass is 734 g/mol. The lowest BCUT2D eigenvalue weighted by Gasteiger charge is -2.28. The van der Waals surface area contributed by atoms with Crippen molar-refractivity contribution in [2.24, 2.45) is 0 Å². The van der Waals surface area contributed by atoms with Crippen molar-refractivity contribution in [2.75, 3.05) is 0 Å². The largest absolute Gasteiger partial charge is 0.0622 e. The molecule has 1 aliphatic carbocycles. The molecule has 1 aliphatic rings. The van der Waals surface area contributed by atoms with Gasteiger partial charge in [-0.3, -0.25) is 0 Å². The number of hydrogen-bond donors (Lipinski definition) is 0. The Balaban J connectivity index is 1.06. The van der Waals surface area contributed by atoms with Crippen molar-refractivity contribution in [2.45, 2.75) is 12.3 Å². The van der Waals surface area contributed by atoms with Crippen LogP contribution in [0.1, 0.15) is 23.6 Å². The lowest BCUT2D eigenvalue weighted by molar-refractivity contribution is 0.715. The van der Waals surface area contributed by atoms with E-state index in [-0.39, 0.29) is 5.41 Å². The molecule has 0 heteroatoms. The van der Waals surface area contributed by atoms with Gasteiger partial charge in [-0.05, 0) is 159 Å². The molecule has 0 bridgehead atoms. The van der Waals surface area contributed by atoms with E-state index in [0.717, 1.165) is 0 Å². The molecule has 0 fully saturated rings. The van der Waals surface area contributed by atoms with Crippen LogP contribution in [0.2, 0.25) is 0 Å². The second-order valence-corrected chi connectivity index (χ2v) is 16.2. The Hall–Kier alpha value is -7.28. The molecular formula is C58H38. The van der Waals surface area contributed by atoms with Crippen LogP contribution in [0, 0.1) is 0 Å². The van der Waals surface area contributed by atoms with Crippen LogP contribution in [0.5, 0.6) is 0 Å². The summed E-state index contributed by atoms with van der Waals surface area (Å²) in [7, 11) is 0. The van der Waals surface area contributed by atoms with Crippen molar-refractivity contribution in [3.63, 3.8) is 0 Å². The van der Waals surface area contributed by atoms with Gasteiger partial charge < -0.3 is 0 Å². The minimum atomic E-state index is -0.241. The summed E-state index contributed by atoms with van der Waals surface area (Å²) < 4.78 is 0. The minimum absolute atomic E-state index is 0.241. The molecule has 0 saturated heterocycles. The third kappa shape index (κ3) is 4.88. The highest BCUT2D eigenvalue weighted by Crippen LogP contribution is 2.53. The van der Waals surface area contributed by atoms with Gasteiger partial charge in [0.05, 0.1) is 0 Å². The normalized spacial score (nSPS) is 14.7. The molecule has 0 aromatic heterocycles. The van der Waals surface area contributed by atoms with Crippen molar-refractivity contribution >= 4 is 43.1 Å². The van der Waals surface area contributed by atoms with Gasteiger partial charge in [0.25, 0.3) is 0 Å². The van der Waals surface area contributed by atoms with E-state index < -0.39 is 0 Å². The number of hydrogen-bond acceptors (Lipinski definition) is 0. The summed E-state index contributed by atoms with van der Waals surface area (Å²) in [6.07, 6.45) is 0. The summed E-state index contributed by atoms with van der Waals surface area (Å²) in [6, 6.07) is 79.2. The van der Waals surface area contributed by atoms with Gasteiger partial charge in [0.15, 0.2) is 0 Å². The van der Waals surface area contributed by atoms with Crippen molar-refractivity contribution in [1.29, 1.82) is 0 Å². The predicted molar refractivity (Wildman–Crippen MR) is 247 cm³/mol. The second-order valence-electron chi connectivity index (χ2n) is 16.2. The molecule has 0 radical (unpaired) electrons. The third-order valence-electron chi connectivity index (χ3n) is 13.1. The van der Waals surface area contributed by atoms with Crippen LogP contribution in [-0.2, 0) is 5.41 Å². The summed E-state index contributed by atoms with van der Waals surface area (Å²) >= 11 is 0. The average molecular weight is 735 g/mol. The number of fused-ring (bicyclic) bond motifs is 4.